The van der Waals surface area contributed by atoms with Crippen molar-refractivity contribution in [2.75, 3.05) is 0 Å². The van der Waals surface area contributed by atoms with Crippen LogP contribution < -0.4 is 6.15 Å². The van der Waals surface area contributed by atoms with E-state index >= 15 is 0 Å². The first kappa shape index (κ1) is 45.6. The first-order valence-corrected chi connectivity index (χ1v) is 0. The van der Waals surface area contributed by atoms with Gasteiger partial charge < -0.3 is 6.15 Å². The maximum Gasteiger partial charge on any atom is 0.187 e. The molecule has 5 heteroatoms. The third-order valence-corrected chi connectivity index (χ3v) is 0. The van der Waals surface area contributed by atoms with Gasteiger partial charge in [0.25, 0.3) is 0 Å². The summed E-state index contributed by atoms with van der Waals surface area (Å²) in [7, 11) is 0. The van der Waals surface area contributed by atoms with E-state index in [9.17, 15) is 0 Å². The molecule has 0 unspecified atom stereocenters. The third kappa shape index (κ3) is 19.9. The molecule has 0 bridgehead atoms. The van der Waals surface area contributed by atoms with Gasteiger partial charge in [-0.3, -0.25) is 0 Å². The molecule has 0 saturated heterocycles. The standard InChI is InChI=1S/Al.H3N.Nb.Ti.Zr.3H/h;1H3;;;;;;. The zero-order chi connectivity index (χ0) is 0. The fourth-order valence-electron chi connectivity index (χ4n) is 0. The minimum absolute atomic E-state index is 0. The molecular weight excluding hydrogens is 273 g/mol. The van der Waals surface area contributed by atoms with Gasteiger partial charge in [-0.25, -0.2) is 0 Å². The van der Waals surface area contributed by atoms with Crippen LogP contribution in [0.4, 0.5) is 0 Å². The van der Waals surface area contributed by atoms with Gasteiger partial charge >= 0.3 is 0 Å². The van der Waals surface area contributed by atoms with E-state index < -0.39 is 0 Å². The Bertz CT molecular complexity index is 11.6. The minimum atomic E-state index is 0. The van der Waals surface area contributed by atoms with Gasteiger partial charge in [0.15, 0.2) is 17.4 Å². The predicted molar refractivity (Wildman–Crippen MR) is 15.0 cm³/mol. The maximum absolute atomic E-state index is 0. The van der Waals surface area contributed by atoms with Crippen molar-refractivity contribution in [1.82, 2.24) is 6.15 Å². The monoisotopic (exact) mass is 278 g/mol. The summed E-state index contributed by atoms with van der Waals surface area (Å²) in [5.41, 5.74) is 0. The van der Waals surface area contributed by atoms with Gasteiger partial charge in [-0.1, -0.05) is 0 Å². The van der Waals surface area contributed by atoms with Crippen LogP contribution in [-0.2, 0) is 70.3 Å². The molecule has 3 N–H and O–H groups in total. The first-order valence-electron chi connectivity index (χ1n) is 0. The van der Waals surface area contributed by atoms with E-state index in [1.165, 1.54) is 0 Å². The average Bonchev–Trinajstić information content (AvgIpc) is 0. The number of hydrogen-bond donors (Lipinski definition) is 1. The Balaban J connectivity index is 0. The third-order valence-electron chi connectivity index (χ3n) is 0. The first-order chi connectivity index (χ1) is 0. The number of hydrogen-bond acceptors (Lipinski definition) is 1. The summed E-state index contributed by atoms with van der Waals surface area (Å²) in [6, 6.07) is 0. The Morgan fingerprint density at radius 2 is 1.00 bits per heavy atom. The van der Waals surface area contributed by atoms with Crippen LogP contribution in [0.2, 0.25) is 0 Å². The van der Waals surface area contributed by atoms with Gasteiger partial charge in [0.1, 0.15) is 0 Å². The minimum Gasteiger partial charge on any atom is -0.344 e. The molecule has 0 fully saturated rings. The zero-order valence-corrected chi connectivity index (χ0v) is 8.37. The zero-order valence-electron chi connectivity index (χ0n) is 2.15. The summed E-state index contributed by atoms with van der Waals surface area (Å²) < 4.78 is 0. The van der Waals surface area contributed by atoms with Gasteiger partial charge in [0.05, 0.1) is 0 Å². The van der Waals surface area contributed by atoms with Gasteiger partial charge in [-0.15, -0.1) is 0 Å². The molecule has 0 rings (SSSR count). The van der Waals surface area contributed by atoms with E-state index in [1.807, 2.05) is 0 Å². The molecule has 0 saturated carbocycles. The van der Waals surface area contributed by atoms with Crippen LogP contribution >= 0.6 is 0 Å². The Hall–Kier alpha value is 2.83. The molecule has 0 atom stereocenters. The molecule has 0 spiro atoms. The van der Waals surface area contributed by atoms with Crippen molar-refractivity contribution in [2.24, 2.45) is 0 Å². The summed E-state index contributed by atoms with van der Waals surface area (Å²) in [6.07, 6.45) is 0. The molecule has 0 aromatic carbocycles. The summed E-state index contributed by atoms with van der Waals surface area (Å²) in [6.45, 7) is 0. The van der Waals surface area contributed by atoms with Gasteiger partial charge in [-0.05, 0) is 0 Å². The van der Waals surface area contributed by atoms with Gasteiger partial charge in [0, 0.05) is 70.3 Å². The molecule has 0 heterocycles. The SMILES string of the molecule is N.[AlH3].[Nb].[Ti].[Zr]. The van der Waals surface area contributed by atoms with Crippen LogP contribution in [0.3, 0.4) is 0 Å². The predicted octanol–water partition coefficient (Wildman–Crippen LogP) is -1.03. The van der Waals surface area contributed by atoms with E-state index in [1.54, 1.807) is 0 Å². The van der Waals surface area contributed by atoms with Crippen molar-refractivity contribution in [1.29, 1.82) is 0 Å². The Kier molecular flexibility index (Phi) is 264. The van der Waals surface area contributed by atoms with E-state index in [4.69, 9.17) is 0 Å². The normalized spacial score (nSPS) is 0. The number of rotatable bonds is 0. The topological polar surface area (TPSA) is 35.0 Å². The molecule has 0 amide bonds. The Morgan fingerprint density at radius 3 is 1.00 bits per heavy atom. The van der Waals surface area contributed by atoms with Crippen molar-refractivity contribution < 1.29 is 70.3 Å². The van der Waals surface area contributed by atoms with Crippen molar-refractivity contribution in [3.05, 3.63) is 0 Å². The van der Waals surface area contributed by atoms with Gasteiger partial charge in [0.2, 0.25) is 0 Å². The van der Waals surface area contributed by atoms with E-state index in [2.05, 4.69) is 0 Å². The Morgan fingerprint density at radius 1 is 1.00 bits per heavy atom. The molecular formula is H6AlNNbTiZr. The van der Waals surface area contributed by atoms with Crippen LogP contribution in [0, 0.1) is 0 Å². The summed E-state index contributed by atoms with van der Waals surface area (Å²) in [5.74, 6) is 0. The van der Waals surface area contributed by atoms with Crippen LogP contribution in [0.1, 0.15) is 0 Å². The quantitative estimate of drug-likeness (QED) is 0.565. The average molecular weight is 279 g/mol. The molecule has 0 aliphatic carbocycles. The second-order valence-electron chi connectivity index (χ2n) is 0. The molecule has 27 valence electrons. The van der Waals surface area contributed by atoms with Crippen LogP contribution in [0.15, 0.2) is 0 Å². The van der Waals surface area contributed by atoms with Crippen LogP contribution in [-0.4, -0.2) is 17.4 Å². The van der Waals surface area contributed by atoms with E-state index in [0.29, 0.717) is 0 Å². The van der Waals surface area contributed by atoms with Crippen molar-refractivity contribution in [3.8, 4) is 0 Å². The van der Waals surface area contributed by atoms with Crippen molar-refractivity contribution in [2.45, 2.75) is 0 Å². The van der Waals surface area contributed by atoms with E-state index in [0.717, 1.165) is 0 Å². The van der Waals surface area contributed by atoms with E-state index in [-0.39, 0.29) is 93.8 Å². The second kappa shape index (κ2) is 29.0. The Labute approximate surface area is 92.3 Å². The van der Waals surface area contributed by atoms with Crippen LogP contribution in [0.5, 0.6) is 0 Å². The maximum atomic E-state index is 0. The molecule has 5 heavy (non-hydrogen) atoms. The molecule has 0 aliphatic heterocycles. The fraction of sp³-hybridized carbons (Fsp3) is 0. The summed E-state index contributed by atoms with van der Waals surface area (Å²) in [5, 5.41) is 0. The molecule has 0 aromatic rings. The van der Waals surface area contributed by atoms with Crippen molar-refractivity contribution in [3.63, 3.8) is 0 Å². The summed E-state index contributed by atoms with van der Waals surface area (Å²) >= 11 is 0. The largest absolute Gasteiger partial charge is 0.344 e. The van der Waals surface area contributed by atoms with Crippen LogP contribution in [0.25, 0.3) is 0 Å². The van der Waals surface area contributed by atoms with Gasteiger partial charge in [-0.2, -0.15) is 0 Å². The smallest absolute Gasteiger partial charge is 0.187 e. The van der Waals surface area contributed by atoms with Crippen molar-refractivity contribution >= 4 is 17.4 Å². The summed E-state index contributed by atoms with van der Waals surface area (Å²) in [4.78, 5) is 0. The molecule has 0 aromatic heterocycles. The molecule has 1 nitrogen and oxygen atoms in total. The second-order valence-corrected chi connectivity index (χ2v) is 0. The molecule has 1 radical (unpaired) electrons. The molecule has 0 aliphatic rings. The fourth-order valence-corrected chi connectivity index (χ4v) is 0.